The number of aromatic nitrogens is 3. The van der Waals surface area contributed by atoms with Crippen LogP contribution < -0.4 is 5.32 Å². The largest absolute Gasteiger partial charge is 0.508 e. The molecule has 5 rings (SSSR count). The van der Waals surface area contributed by atoms with Crippen molar-refractivity contribution in [2.45, 2.75) is 6.54 Å². The van der Waals surface area contributed by atoms with Crippen LogP contribution in [0.15, 0.2) is 97.6 Å². The van der Waals surface area contributed by atoms with Gasteiger partial charge in [0, 0.05) is 30.7 Å². The molecule has 5 aromatic rings. The summed E-state index contributed by atoms with van der Waals surface area (Å²) >= 11 is 0. The van der Waals surface area contributed by atoms with Gasteiger partial charge in [-0.05, 0) is 35.9 Å². The van der Waals surface area contributed by atoms with E-state index in [1.807, 2.05) is 63.8 Å². The highest BCUT2D eigenvalue weighted by Gasteiger charge is 2.18. The lowest BCUT2D eigenvalue weighted by atomic mass is 10.2. The Morgan fingerprint density at radius 2 is 1.81 bits per heavy atom. The minimum atomic E-state index is -0.246. The monoisotopic (exact) mass is 408 g/mol. The van der Waals surface area contributed by atoms with Gasteiger partial charge in [0.2, 0.25) is 0 Å². The molecule has 0 aliphatic carbocycles. The van der Waals surface area contributed by atoms with Crippen molar-refractivity contribution in [1.82, 2.24) is 14.0 Å². The summed E-state index contributed by atoms with van der Waals surface area (Å²) in [4.78, 5) is 17.6. The zero-order valence-corrected chi connectivity index (χ0v) is 16.6. The number of pyridine rings is 1. The van der Waals surface area contributed by atoms with Crippen LogP contribution in [0.25, 0.3) is 16.9 Å². The van der Waals surface area contributed by atoms with Crippen molar-refractivity contribution in [3.8, 4) is 17.1 Å². The van der Waals surface area contributed by atoms with Gasteiger partial charge in [-0.2, -0.15) is 0 Å². The first-order valence-electron chi connectivity index (χ1n) is 9.94. The Kier molecular flexibility index (Phi) is 4.72. The second kappa shape index (κ2) is 7.84. The molecular formula is C25H20N4O2. The molecular weight excluding hydrogens is 388 g/mol. The van der Waals surface area contributed by atoms with Crippen molar-refractivity contribution in [2.24, 2.45) is 0 Å². The quantitative estimate of drug-likeness (QED) is 0.438. The molecule has 0 radical (unpaired) electrons. The molecule has 3 heterocycles. The number of benzene rings is 2. The fourth-order valence-corrected chi connectivity index (χ4v) is 3.69. The highest BCUT2D eigenvalue weighted by atomic mass is 16.3. The average Bonchev–Trinajstić information content (AvgIpc) is 3.39. The summed E-state index contributed by atoms with van der Waals surface area (Å²) in [6, 6.07) is 24.3. The number of phenolic OH excluding ortho intramolecular Hbond substituents is 1. The highest BCUT2D eigenvalue weighted by molar-refractivity contribution is 6.10. The molecule has 1 amide bonds. The molecule has 0 spiro atoms. The van der Waals surface area contributed by atoms with Crippen molar-refractivity contribution < 1.29 is 9.90 Å². The maximum absolute atomic E-state index is 13.0. The van der Waals surface area contributed by atoms with Gasteiger partial charge in [0.05, 0.1) is 23.1 Å². The number of nitrogens with one attached hydrogen (secondary N) is 1. The summed E-state index contributed by atoms with van der Waals surface area (Å²) in [7, 11) is 0. The van der Waals surface area contributed by atoms with E-state index in [1.165, 1.54) is 11.6 Å². The van der Waals surface area contributed by atoms with Gasteiger partial charge in [-0.15, -0.1) is 0 Å². The molecule has 0 bridgehead atoms. The molecule has 6 nitrogen and oxygen atoms in total. The van der Waals surface area contributed by atoms with E-state index in [2.05, 4.69) is 22.4 Å². The molecule has 2 aromatic carbocycles. The van der Waals surface area contributed by atoms with Gasteiger partial charge >= 0.3 is 0 Å². The topological polar surface area (TPSA) is 71.6 Å². The predicted octanol–water partition coefficient (Wildman–Crippen LogP) is 4.81. The maximum atomic E-state index is 13.0. The summed E-state index contributed by atoms with van der Waals surface area (Å²) in [5.41, 5.74) is 4.67. The van der Waals surface area contributed by atoms with Crippen LogP contribution in [0.2, 0.25) is 0 Å². The third-order valence-electron chi connectivity index (χ3n) is 5.13. The number of nitrogens with zero attached hydrogens (tertiary/aromatic N) is 3. The molecule has 0 unspecified atom stereocenters. The molecule has 0 fully saturated rings. The minimum Gasteiger partial charge on any atom is -0.508 e. The number of hydrogen-bond acceptors (Lipinski definition) is 3. The van der Waals surface area contributed by atoms with Crippen LogP contribution in [-0.2, 0) is 6.54 Å². The van der Waals surface area contributed by atoms with Crippen LogP contribution >= 0.6 is 0 Å². The molecule has 0 aliphatic heterocycles. The van der Waals surface area contributed by atoms with Crippen molar-refractivity contribution in [1.29, 1.82) is 0 Å². The van der Waals surface area contributed by atoms with Crippen LogP contribution in [-0.4, -0.2) is 25.0 Å². The predicted molar refractivity (Wildman–Crippen MR) is 120 cm³/mol. The molecule has 0 atom stereocenters. The molecule has 0 aliphatic rings. The number of carbonyl (C=O) groups is 1. The summed E-state index contributed by atoms with van der Waals surface area (Å²) in [5.74, 6) is -0.145. The Hall–Kier alpha value is -4.32. The van der Waals surface area contributed by atoms with Gasteiger partial charge in [-0.25, -0.2) is 4.98 Å². The van der Waals surface area contributed by atoms with Crippen molar-refractivity contribution in [2.75, 3.05) is 5.32 Å². The number of carbonyl (C=O) groups excluding carboxylic acids is 1. The SMILES string of the molecule is O=C(Nc1cccc(O)c1)c1cc(-c2cn(Cc3ccccc3)cn2)n2ccccc12. The lowest BCUT2D eigenvalue weighted by molar-refractivity contribution is 0.102. The van der Waals surface area contributed by atoms with Crippen LogP contribution in [0.5, 0.6) is 5.75 Å². The lowest BCUT2D eigenvalue weighted by Gasteiger charge is -2.05. The van der Waals surface area contributed by atoms with Crippen LogP contribution in [0.1, 0.15) is 15.9 Å². The summed E-state index contributed by atoms with van der Waals surface area (Å²) in [5, 5.41) is 12.5. The van der Waals surface area contributed by atoms with Gasteiger partial charge in [0.25, 0.3) is 5.91 Å². The fourth-order valence-electron chi connectivity index (χ4n) is 3.69. The molecule has 0 saturated heterocycles. The normalized spacial score (nSPS) is 11.0. The smallest absolute Gasteiger partial charge is 0.257 e. The number of aromatic hydroxyl groups is 1. The summed E-state index contributed by atoms with van der Waals surface area (Å²) in [6.07, 6.45) is 5.71. The molecule has 31 heavy (non-hydrogen) atoms. The zero-order valence-electron chi connectivity index (χ0n) is 16.6. The zero-order chi connectivity index (χ0) is 21.2. The second-order valence-corrected chi connectivity index (χ2v) is 7.32. The van der Waals surface area contributed by atoms with E-state index in [1.54, 1.807) is 24.5 Å². The molecule has 152 valence electrons. The van der Waals surface area contributed by atoms with Crippen LogP contribution in [0.3, 0.4) is 0 Å². The van der Waals surface area contributed by atoms with Crippen molar-refractivity contribution in [3.05, 3.63) is 109 Å². The third kappa shape index (κ3) is 3.79. The number of rotatable bonds is 5. The van der Waals surface area contributed by atoms with Gasteiger partial charge in [-0.1, -0.05) is 42.5 Å². The van der Waals surface area contributed by atoms with E-state index in [0.717, 1.165) is 23.4 Å². The number of fused-ring (bicyclic) bond motifs is 1. The van der Waals surface area contributed by atoms with E-state index >= 15 is 0 Å². The number of imidazole rings is 1. The number of hydrogen-bond donors (Lipinski definition) is 2. The Morgan fingerprint density at radius 3 is 2.65 bits per heavy atom. The maximum Gasteiger partial charge on any atom is 0.257 e. The first kappa shape index (κ1) is 18.7. The van der Waals surface area contributed by atoms with E-state index in [0.29, 0.717) is 11.3 Å². The van der Waals surface area contributed by atoms with E-state index in [9.17, 15) is 9.90 Å². The Labute approximate surface area is 179 Å². The number of amides is 1. The van der Waals surface area contributed by atoms with Crippen molar-refractivity contribution in [3.63, 3.8) is 0 Å². The molecule has 2 N–H and O–H groups in total. The van der Waals surface area contributed by atoms with E-state index in [4.69, 9.17) is 0 Å². The first-order valence-corrected chi connectivity index (χ1v) is 9.94. The van der Waals surface area contributed by atoms with Gasteiger partial charge in [0.15, 0.2) is 0 Å². The number of anilines is 1. The van der Waals surface area contributed by atoms with Crippen LogP contribution in [0.4, 0.5) is 5.69 Å². The van der Waals surface area contributed by atoms with Gasteiger partial charge in [0.1, 0.15) is 11.4 Å². The van der Waals surface area contributed by atoms with E-state index in [-0.39, 0.29) is 11.7 Å². The number of phenols is 1. The van der Waals surface area contributed by atoms with E-state index < -0.39 is 0 Å². The summed E-state index contributed by atoms with van der Waals surface area (Å²) in [6.45, 7) is 0.724. The second-order valence-electron chi connectivity index (χ2n) is 7.32. The van der Waals surface area contributed by atoms with Gasteiger partial charge in [-0.3, -0.25) is 4.79 Å². The van der Waals surface area contributed by atoms with Crippen molar-refractivity contribution >= 4 is 17.1 Å². The first-order chi connectivity index (χ1) is 15.2. The third-order valence-corrected chi connectivity index (χ3v) is 5.13. The standard InChI is InChI=1S/C25H20N4O2/c30-20-10-6-9-19(13-20)27-25(31)21-14-24(29-12-5-4-11-23(21)29)22-16-28(17-26-22)15-18-7-2-1-3-8-18/h1-14,16-17,30H,15H2,(H,27,31). The molecule has 3 aromatic heterocycles. The lowest BCUT2D eigenvalue weighted by Crippen LogP contribution is -2.11. The molecule has 6 heteroatoms. The Balaban J connectivity index is 1.49. The fraction of sp³-hybridized carbons (Fsp3) is 0.0400. The molecule has 0 saturated carbocycles. The van der Waals surface area contributed by atoms with Crippen LogP contribution in [0, 0.1) is 0 Å². The Bertz CT molecular complexity index is 1370. The minimum absolute atomic E-state index is 0.101. The van der Waals surface area contributed by atoms with Gasteiger partial charge < -0.3 is 19.4 Å². The highest BCUT2D eigenvalue weighted by Crippen LogP contribution is 2.26. The average molecular weight is 408 g/mol. The Morgan fingerprint density at radius 1 is 0.968 bits per heavy atom. The summed E-state index contributed by atoms with van der Waals surface area (Å²) < 4.78 is 3.99.